The smallest absolute Gasteiger partial charge is 0.160 e. The SMILES string of the molecule is c1ccc(-c2cc(-c3ccccc3)nc(-c3cccc(-c4c(-c5ccccc5)c(-c5ccccc5)c(-c5ccccc5)c(-c5ccccc5)c4-c4ccccc4)c3)n2)cc1. The maximum Gasteiger partial charge on any atom is 0.160 e. The first-order valence-corrected chi connectivity index (χ1v) is 20.4. The highest BCUT2D eigenvalue weighted by Gasteiger charge is 2.29. The summed E-state index contributed by atoms with van der Waals surface area (Å²) in [6, 6.07) is 86.2. The summed E-state index contributed by atoms with van der Waals surface area (Å²) >= 11 is 0. The van der Waals surface area contributed by atoms with Crippen LogP contribution in [0.15, 0.2) is 243 Å². The molecule has 0 radical (unpaired) electrons. The van der Waals surface area contributed by atoms with Gasteiger partial charge in [-0.05, 0) is 78.9 Å². The van der Waals surface area contributed by atoms with Gasteiger partial charge >= 0.3 is 0 Å². The highest BCUT2D eigenvalue weighted by atomic mass is 14.9. The topological polar surface area (TPSA) is 25.8 Å². The molecule has 0 aliphatic carbocycles. The summed E-state index contributed by atoms with van der Waals surface area (Å²) in [6.45, 7) is 0. The number of hydrogen-bond acceptors (Lipinski definition) is 2. The number of aromatic nitrogens is 2. The standard InChI is InChI=1S/C58H40N2/c1-8-23-41(24-9-1)50-40-51(42-25-10-2-11-26-42)60-58(59-50)49-38-22-37-48(39-49)57-55(46-33-18-6-19-34-46)53(44-29-14-4-15-30-44)52(43-27-12-3-13-28-43)54(45-31-16-5-17-32-45)56(57)47-35-20-7-21-36-47/h1-40H. The van der Waals surface area contributed by atoms with Gasteiger partial charge in [-0.15, -0.1) is 0 Å². The van der Waals surface area contributed by atoms with Crippen molar-refractivity contribution in [3.05, 3.63) is 243 Å². The van der Waals surface area contributed by atoms with Crippen LogP contribution in [0.5, 0.6) is 0 Å². The molecule has 2 heteroatoms. The third-order valence-electron chi connectivity index (χ3n) is 11.1. The molecule has 0 bridgehead atoms. The molecular formula is C58H40N2. The van der Waals surface area contributed by atoms with E-state index in [1.165, 1.54) is 27.8 Å². The highest BCUT2D eigenvalue weighted by Crippen LogP contribution is 2.56. The summed E-state index contributed by atoms with van der Waals surface area (Å²) < 4.78 is 0. The Hall–Kier alpha value is -7.94. The van der Waals surface area contributed by atoms with E-state index in [-0.39, 0.29) is 0 Å². The average Bonchev–Trinajstić information content (AvgIpc) is 3.35. The van der Waals surface area contributed by atoms with E-state index in [4.69, 9.17) is 9.97 Å². The third kappa shape index (κ3) is 7.12. The molecule has 0 spiro atoms. The van der Waals surface area contributed by atoms with E-state index < -0.39 is 0 Å². The number of benzene rings is 9. The zero-order valence-electron chi connectivity index (χ0n) is 33.0. The second kappa shape index (κ2) is 16.5. The van der Waals surface area contributed by atoms with Crippen molar-refractivity contribution in [3.8, 4) is 101 Å². The first-order valence-electron chi connectivity index (χ1n) is 20.4. The molecule has 1 aromatic heterocycles. The van der Waals surface area contributed by atoms with Crippen LogP contribution >= 0.6 is 0 Å². The Balaban J connectivity index is 1.36. The summed E-state index contributed by atoms with van der Waals surface area (Å²) in [4.78, 5) is 10.5. The Kier molecular flexibility index (Phi) is 10.0. The van der Waals surface area contributed by atoms with Gasteiger partial charge in [-0.2, -0.15) is 0 Å². The minimum absolute atomic E-state index is 0.673. The second-order valence-electron chi connectivity index (χ2n) is 14.9. The molecule has 10 aromatic rings. The van der Waals surface area contributed by atoms with Crippen LogP contribution in [0.2, 0.25) is 0 Å². The Morgan fingerprint density at radius 1 is 0.183 bits per heavy atom. The molecule has 2 nitrogen and oxygen atoms in total. The van der Waals surface area contributed by atoms with E-state index in [1.807, 2.05) is 12.1 Å². The molecule has 0 amide bonds. The van der Waals surface area contributed by atoms with Crippen molar-refractivity contribution in [3.63, 3.8) is 0 Å². The van der Waals surface area contributed by atoms with Gasteiger partial charge in [-0.3, -0.25) is 0 Å². The third-order valence-corrected chi connectivity index (χ3v) is 11.1. The minimum Gasteiger partial charge on any atom is -0.228 e. The Morgan fingerprint density at radius 3 is 0.717 bits per heavy atom. The summed E-state index contributed by atoms with van der Waals surface area (Å²) in [5.41, 5.74) is 18.6. The molecule has 0 N–H and O–H groups in total. The lowest BCUT2D eigenvalue weighted by Gasteiger charge is -2.29. The van der Waals surface area contributed by atoms with E-state index in [2.05, 4.69) is 231 Å². The van der Waals surface area contributed by atoms with Crippen LogP contribution in [0, 0.1) is 0 Å². The molecule has 0 atom stereocenters. The van der Waals surface area contributed by atoms with Gasteiger partial charge in [0, 0.05) is 16.7 Å². The summed E-state index contributed by atoms with van der Waals surface area (Å²) in [5.74, 6) is 0.673. The number of hydrogen-bond donors (Lipinski definition) is 0. The summed E-state index contributed by atoms with van der Waals surface area (Å²) in [6.07, 6.45) is 0. The predicted molar refractivity (Wildman–Crippen MR) is 251 cm³/mol. The number of nitrogens with zero attached hydrogens (tertiary/aromatic N) is 2. The van der Waals surface area contributed by atoms with Crippen molar-refractivity contribution in [1.29, 1.82) is 0 Å². The molecule has 9 aromatic carbocycles. The van der Waals surface area contributed by atoms with Crippen LogP contribution < -0.4 is 0 Å². The van der Waals surface area contributed by atoms with Gasteiger partial charge in [0.05, 0.1) is 11.4 Å². The fourth-order valence-electron chi connectivity index (χ4n) is 8.41. The van der Waals surface area contributed by atoms with Crippen LogP contribution in [0.1, 0.15) is 0 Å². The fraction of sp³-hybridized carbons (Fsp3) is 0. The maximum atomic E-state index is 5.27. The van der Waals surface area contributed by atoms with Crippen LogP contribution in [-0.2, 0) is 0 Å². The van der Waals surface area contributed by atoms with E-state index >= 15 is 0 Å². The zero-order valence-corrected chi connectivity index (χ0v) is 33.0. The lowest BCUT2D eigenvalue weighted by Crippen LogP contribution is -2.02. The van der Waals surface area contributed by atoms with Crippen molar-refractivity contribution < 1.29 is 0 Å². The van der Waals surface area contributed by atoms with Gasteiger partial charge < -0.3 is 0 Å². The summed E-state index contributed by atoms with van der Waals surface area (Å²) in [7, 11) is 0. The normalized spacial score (nSPS) is 11.0. The molecule has 282 valence electrons. The van der Waals surface area contributed by atoms with Gasteiger partial charge in [-0.1, -0.05) is 231 Å². The van der Waals surface area contributed by atoms with Gasteiger partial charge in [0.2, 0.25) is 0 Å². The van der Waals surface area contributed by atoms with Crippen LogP contribution in [0.3, 0.4) is 0 Å². The Labute approximate surface area is 351 Å². The van der Waals surface area contributed by atoms with Crippen molar-refractivity contribution >= 4 is 0 Å². The second-order valence-corrected chi connectivity index (χ2v) is 14.9. The molecule has 0 fully saturated rings. The highest BCUT2D eigenvalue weighted by molar-refractivity contribution is 6.15. The van der Waals surface area contributed by atoms with Gasteiger partial charge in [0.1, 0.15) is 0 Å². The van der Waals surface area contributed by atoms with Gasteiger partial charge in [0.25, 0.3) is 0 Å². The monoisotopic (exact) mass is 764 g/mol. The minimum atomic E-state index is 0.673. The Bertz CT molecular complexity index is 2860. The van der Waals surface area contributed by atoms with Crippen molar-refractivity contribution in [2.75, 3.05) is 0 Å². The molecule has 0 aliphatic rings. The van der Waals surface area contributed by atoms with Crippen LogP contribution in [0.4, 0.5) is 0 Å². The van der Waals surface area contributed by atoms with Crippen molar-refractivity contribution in [2.45, 2.75) is 0 Å². The van der Waals surface area contributed by atoms with Gasteiger partial charge in [0.15, 0.2) is 5.82 Å². The molecule has 0 unspecified atom stereocenters. The molecule has 0 saturated carbocycles. The molecule has 60 heavy (non-hydrogen) atoms. The molecule has 1 heterocycles. The summed E-state index contributed by atoms with van der Waals surface area (Å²) in [5, 5.41) is 0. The lowest BCUT2D eigenvalue weighted by molar-refractivity contribution is 1.18. The van der Waals surface area contributed by atoms with E-state index in [0.717, 1.165) is 67.0 Å². The maximum absolute atomic E-state index is 5.27. The van der Waals surface area contributed by atoms with Gasteiger partial charge in [-0.25, -0.2) is 9.97 Å². The Morgan fingerprint density at radius 2 is 0.417 bits per heavy atom. The molecular weight excluding hydrogens is 725 g/mol. The van der Waals surface area contributed by atoms with Crippen molar-refractivity contribution in [2.24, 2.45) is 0 Å². The van der Waals surface area contributed by atoms with Crippen LogP contribution in [-0.4, -0.2) is 9.97 Å². The van der Waals surface area contributed by atoms with E-state index in [9.17, 15) is 0 Å². The quantitative estimate of drug-likeness (QED) is 0.146. The first kappa shape index (κ1) is 36.4. The average molecular weight is 765 g/mol. The zero-order chi connectivity index (χ0) is 40.1. The van der Waals surface area contributed by atoms with Crippen molar-refractivity contribution in [1.82, 2.24) is 9.97 Å². The molecule has 0 aliphatic heterocycles. The van der Waals surface area contributed by atoms with Crippen LogP contribution in [0.25, 0.3) is 101 Å². The molecule has 0 saturated heterocycles. The lowest BCUT2D eigenvalue weighted by atomic mass is 9.74. The largest absolute Gasteiger partial charge is 0.228 e. The van der Waals surface area contributed by atoms with E-state index in [1.54, 1.807) is 0 Å². The molecule has 10 rings (SSSR count). The van der Waals surface area contributed by atoms with E-state index in [0.29, 0.717) is 5.82 Å². The predicted octanol–water partition coefficient (Wildman–Crippen LogP) is 15.5. The fourth-order valence-corrected chi connectivity index (χ4v) is 8.41. The first-order chi connectivity index (χ1) is 29.8. The number of rotatable bonds is 9.